The topological polar surface area (TPSA) is 65.0 Å². The maximum atomic E-state index is 11.9. The van der Waals surface area contributed by atoms with Crippen molar-refractivity contribution in [3.05, 3.63) is 0 Å². The van der Waals surface area contributed by atoms with E-state index in [0.717, 1.165) is 6.42 Å². The van der Waals surface area contributed by atoms with Gasteiger partial charge >= 0.3 is 7.60 Å². The molecule has 0 amide bonds. The van der Waals surface area contributed by atoms with Crippen LogP contribution in [0.25, 0.3) is 0 Å². The molecule has 0 bridgehead atoms. The van der Waals surface area contributed by atoms with Gasteiger partial charge in [0.2, 0.25) is 0 Å². The molecule has 2 unspecified atom stereocenters. The molecule has 0 rings (SSSR count). The molecule has 6 heteroatoms. The Hall–Kier alpha value is 0.0700. The van der Waals surface area contributed by atoms with Crippen molar-refractivity contribution in [1.82, 2.24) is 0 Å². The Morgan fingerprint density at radius 2 is 1.42 bits per heavy atom. The first-order valence-electron chi connectivity index (χ1n) is 10.5. The Kier molecular flexibility index (Phi) is 15.1. The second-order valence-corrected chi connectivity index (χ2v) is 9.80. The second-order valence-electron chi connectivity index (χ2n) is 7.68. The molecule has 0 aromatic rings. The summed E-state index contributed by atoms with van der Waals surface area (Å²) >= 11 is 0. The summed E-state index contributed by atoms with van der Waals surface area (Å²) in [5.41, 5.74) is -0.472. The Morgan fingerprint density at radius 1 is 0.923 bits per heavy atom. The Bertz CT molecular complexity index is 373. The zero-order chi connectivity index (χ0) is 19.9. The quantitative estimate of drug-likeness (QED) is 0.219. The largest absolute Gasteiger partial charge is 0.373 e. The first-order chi connectivity index (χ1) is 12.2. The highest BCUT2D eigenvalue weighted by Gasteiger charge is 2.31. The number of hydrogen-bond acceptors (Lipinski definition) is 4. The molecule has 0 heterocycles. The molecular formula is C20H43O5P. The molecule has 0 aliphatic carbocycles. The van der Waals surface area contributed by atoms with Crippen LogP contribution in [-0.4, -0.2) is 36.2 Å². The van der Waals surface area contributed by atoms with Crippen LogP contribution in [0.2, 0.25) is 0 Å². The van der Waals surface area contributed by atoms with Crippen LogP contribution in [0.3, 0.4) is 0 Å². The zero-order valence-electron chi connectivity index (χ0n) is 17.8. The van der Waals surface area contributed by atoms with Gasteiger partial charge < -0.3 is 18.9 Å². The van der Waals surface area contributed by atoms with Crippen molar-refractivity contribution in [3.8, 4) is 0 Å². The fraction of sp³-hybridized carbons (Fsp3) is 1.00. The van der Waals surface area contributed by atoms with E-state index >= 15 is 0 Å². The van der Waals surface area contributed by atoms with Gasteiger partial charge in [-0.05, 0) is 34.1 Å². The van der Waals surface area contributed by atoms with Gasteiger partial charge in [0.15, 0.2) is 5.85 Å². The fourth-order valence-electron chi connectivity index (χ4n) is 2.69. The van der Waals surface area contributed by atoms with E-state index in [-0.39, 0.29) is 13.2 Å². The van der Waals surface area contributed by atoms with Crippen molar-refractivity contribution in [2.45, 2.75) is 110 Å². The lowest BCUT2D eigenvalue weighted by molar-refractivity contribution is -0.0828. The van der Waals surface area contributed by atoms with Crippen molar-refractivity contribution in [2.75, 3.05) is 19.8 Å². The highest BCUT2D eigenvalue weighted by molar-refractivity contribution is 7.53. The lowest BCUT2D eigenvalue weighted by Crippen LogP contribution is -2.33. The molecule has 5 nitrogen and oxygen atoms in total. The molecule has 0 radical (unpaired) electrons. The minimum absolute atomic E-state index is 0.195. The van der Waals surface area contributed by atoms with Crippen LogP contribution < -0.4 is 0 Å². The van der Waals surface area contributed by atoms with E-state index in [4.69, 9.17) is 14.0 Å². The summed E-state index contributed by atoms with van der Waals surface area (Å²) in [5.74, 6) is -0.845. The summed E-state index contributed by atoms with van der Waals surface area (Å²) < 4.78 is 28.1. The first-order valence-corrected chi connectivity index (χ1v) is 12.1. The summed E-state index contributed by atoms with van der Waals surface area (Å²) in [5, 5.41) is 0. The van der Waals surface area contributed by atoms with Crippen molar-refractivity contribution in [1.29, 1.82) is 0 Å². The molecule has 158 valence electrons. The van der Waals surface area contributed by atoms with E-state index < -0.39 is 19.0 Å². The normalized spacial score (nSPS) is 15.8. The van der Waals surface area contributed by atoms with Crippen molar-refractivity contribution < 1.29 is 23.5 Å². The van der Waals surface area contributed by atoms with Crippen LogP contribution >= 0.6 is 7.60 Å². The summed E-state index contributed by atoms with van der Waals surface area (Å²) in [6.07, 6.45) is 13.0. The summed E-state index contributed by atoms with van der Waals surface area (Å²) in [6, 6.07) is 0. The number of rotatable bonds is 18. The van der Waals surface area contributed by atoms with Crippen LogP contribution in [0.15, 0.2) is 0 Å². The standard InChI is InChI=1S/C20H43O5P/c1-6-8-9-10-11-12-13-14-15-16-17-24-20(4,5)18-23-19(3)26(21,22)25-7-2/h19H,6-18H2,1-5H3,(H,21,22). The minimum Gasteiger partial charge on any atom is -0.373 e. The van der Waals surface area contributed by atoms with E-state index in [9.17, 15) is 9.46 Å². The SMILES string of the molecule is CCCCCCCCCCCCOC(C)(C)COC(C)P(=O)(O)OCC. The lowest BCUT2D eigenvalue weighted by atomic mass is 10.1. The maximum Gasteiger partial charge on any atom is 0.356 e. The smallest absolute Gasteiger partial charge is 0.356 e. The molecule has 0 aromatic carbocycles. The average molecular weight is 395 g/mol. The van der Waals surface area contributed by atoms with Crippen LogP contribution in [-0.2, 0) is 18.6 Å². The maximum absolute atomic E-state index is 11.9. The molecule has 2 atom stereocenters. The molecule has 0 saturated carbocycles. The molecule has 0 saturated heterocycles. The van der Waals surface area contributed by atoms with Crippen LogP contribution in [0, 0.1) is 0 Å². The monoisotopic (exact) mass is 394 g/mol. The molecule has 0 fully saturated rings. The van der Waals surface area contributed by atoms with Gasteiger partial charge in [-0.3, -0.25) is 4.57 Å². The van der Waals surface area contributed by atoms with E-state index in [2.05, 4.69) is 6.92 Å². The van der Waals surface area contributed by atoms with Crippen molar-refractivity contribution in [3.63, 3.8) is 0 Å². The summed E-state index contributed by atoms with van der Waals surface area (Å²) in [6.45, 7) is 10.6. The second kappa shape index (κ2) is 15.0. The van der Waals surface area contributed by atoms with Gasteiger partial charge in [0.05, 0.1) is 18.8 Å². The Labute approximate surface area is 161 Å². The predicted octanol–water partition coefficient (Wildman–Crippen LogP) is 6.29. The van der Waals surface area contributed by atoms with E-state index in [0.29, 0.717) is 6.61 Å². The molecule has 0 aromatic heterocycles. The molecular weight excluding hydrogens is 351 g/mol. The van der Waals surface area contributed by atoms with Gasteiger partial charge in [-0.1, -0.05) is 64.7 Å². The Balaban J connectivity index is 3.67. The van der Waals surface area contributed by atoms with Gasteiger partial charge in [-0.25, -0.2) is 0 Å². The first kappa shape index (κ1) is 26.1. The fourth-order valence-corrected chi connectivity index (χ4v) is 3.53. The minimum atomic E-state index is -3.70. The van der Waals surface area contributed by atoms with Crippen molar-refractivity contribution in [2.24, 2.45) is 0 Å². The molecule has 26 heavy (non-hydrogen) atoms. The third kappa shape index (κ3) is 14.2. The number of hydrogen-bond donors (Lipinski definition) is 1. The molecule has 0 aliphatic heterocycles. The third-order valence-corrected chi connectivity index (χ3v) is 6.13. The summed E-state index contributed by atoms with van der Waals surface area (Å²) in [4.78, 5) is 9.72. The highest BCUT2D eigenvalue weighted by atomic mass is 31.2. The van der Waals surface area contributed by atoms with Crippen LogP contribution in [0.4, 0.5) is 0 Å². The van der Waals surface area contributed by atoms with E-state index in [1.807, 2.05) is 13.8 Å². The number of unbranched alkanes of at least 4 members (excludes halogenated alkanes) is 9. The zero-order valence-corrected chi connectivity index (χ0v) is 18.7. The molecule has 1 N–H and O–H groups in total. The highest BCUT2D eigenvalue weighted by Crippen LogP contribution is 2.47. The van der Waals surface area contributed by atoms with Crippen LogP contribution in [0.1, 0.15) is 98.8 Å². The van der Waals surface area contributed by atoms with Crippen molar-refractivity contribution >= 4 is 7.60 Å². The van der Waals surface area contributed by atoms with Crippen LogP contribution in [0.5, 0.6) is 0 Å². The number of ether oxygens (including phenoxy) is 2. The van der Waals surface area contributed by atoms with Gasteiger partial charge in [0.25, 0.3) is 0 Å². The third-order valence-electron chi connectivity index (χ3n) is 4.44. The van der Waals surface area contributed by atoms with E-state index in [1.54, 1.807) is 13.8 Å². The van der Waals surface area contributed by atoms with Gasteiger partial charge in [0.1, 0.15) is 0 Å². The summed E-state index contributed by atoms with van der Waals surface area (Å²) in [7, 11) is -3.70. The average Bonchev–Trinajstić information content (AvgIpc) is 2.57. The lowest BCUT2D eigenvalue weighted by Gasteiger charge is -2.28. The van der Waals surface area contributed by atoms with Gasteiger partial charge in [0, 0.05) is 6.61 Å². The van der Waals surface area contributed by atoms with E-state index in [1.165, 1.54) is 57.8 Å². The molecule has 0 aliphatic rings. The van der Waals surface area contributed by atoms with Gasteiger partial charge in [-0.2, -0.15) is 0 Å². The Morgan fingerprint density at radius 3 is 1.92 bits per heavy atom. The molecule has 0 spiro atoms. The van der Waals surface area contributed by atoms with Gasteiger partial charge in [-0.15, -0.1) is 0 Å². The predicted molar refractivity (Wildman–Crippen MR) is 109 cm³/mol.